The first-order chi connectivity index (χ1) is 9.49. The third-order valence-corrected chi connectivity index (χ3v) is 3.63. The average Bonchev–Trinajstić information content (AvgIpc) is 2.92. The van der Waals surface area contributed by atoms with E-state index in [4.69, 9.17) is 11.5 Å². The highest BCUT2D eigenvalue weighted by atomic mass is 16.3. The van der Waals surface area contributed by atoms with Crippen molar-refractivity contribution < 1.29 is 14.7 Å². The molecule has 5 N–H and O–H groups in total. The van der Waals surface area contributed by atoms with Crippen molar-refractivity contribution in [2.75, 3.05) is 12.3 Å². The third kappa shape index (κ3) is 3.01. The molecule has 20 heavy (non-hydrogen) atoms. The summed E-state index contributed by atoms with van der Waals surface area (Å²) in [6.45, 7) is -0.103. The zero-order chi connectivity index (χ0) is 14.7. The van der Waals surface area contributed by atoms with Gasteiger partial charge in [-0.2, -0.15) is 0 Å². The Hall–Kier alpha value is -2.24. The van der Waals surface area contributed by atoms with Gasteiger partial charge in [-0.3, -0.25) is 9.59 Å². The summed E-state index contributed by atoms with van der Waals surface area (Å²) in [6, 6.07) is 4.37. The van der Waals surface area contributed by atoms with Crippen LogP contribution in [0.5, 0.6) is 5.75 Å². The molecule has 6 nitrogen and oxygen atoms in total. The molecule has 0 spiro atoms. The molecule has 1 aromatic rings. The van der Waals surface area contributed by atoms with Crippen LogP contribution in [0.4, 0.5) is 5.69 Å². The maximum absolute atomic E-state index is 12.5. The van der Waals surface area contributed by atoms with Gasteiger partial charge in [0.25, 0.3) is 5.91 Å². The van der Waals surface area contributed by atoms with Crippen molar-refractivity contribution in [1.29, 1.82) is 0 Å². The lowest BCUT2D eigenvalue weighted by Crippen LogP contribution is -2.44. The summed E-state index contributed by atoms with van der Waals surface area (Å²) < 4.78 is 0. The predicted molar refractivity (Wildman–Crippen MR) is 75.0 cm³/mol. The molecular formula is C14H19N3O3. The van der Waals surface area contributed by atoms with Crippen molar-refractivity contribution in [3.8, 4) is 5.75 Å². The molecule has 0 aromatic heterocycles. The molecule has 2 rings (SSSR count). The minimum Gasteiger partial charge on any atom is -0.506 e. The Balaban J connectivity index is 2.24. The van der Waals surface area contributed by atoms with Gasteiger partial charge in [0.1, 0.15) is 5.75 Å². The van der Waals surface area contributed by atoms with Crippen molar-refractivity contribution in [3.63, 3.8) is 0 Å². The van der Waals surface area contributed by atoms with Crippen LogP contribution >= 0.6 is 0 Å². The Morgan fingerprint density at radius 3 is 2.50 bits per heavy atom. The predicted octanol–water partition coefficient (Wildman–Crippen LogP) is 0.844. The Bertz CT molecular complexity index is 524. The monoisotopic (exact) mass is 277 g/mol. The summed E-state index contributed by atoms with van der Waals surface area (Å²) in [5.41, 5.74) is 11.3. The van der Waals surface area contributed by atoms with Gasteiger partial charge in [0.05, 0.1) is 12.2 Å². The number of anilines is 1. The molecule has 108 valence electrons. The number of nitrogen functional groups attached to an aromatic ring is 1. The van der Waals surface area contributed by atoms with Crippen LogP contribution in [-0.4, -0.2) is 34.4 Å². The number of phenolic OH excluding ortho intramolecular Hbond substituents is 1. The third-order valence-electron chi connectivity index (χ3n) is 3.63. The molecule has 0 aliphatic heterocycles. The summed E-state index contributed by atoms with van der Waals surface area (Å²) >= 11 is 0. The van der Waals surface area contributed by atoms with Gasteiger partial charge in [-0.25, -0.2) is 0 Å². The maximum atomic E-state index is 12.5. The van der Waals surface area contributed by atoms with Crippen molar-refractivity contribution >= 4 is 17.5 Å². The number of phenols is 1. The summed E-state index contributed by atoms with van der Waals surface area (Å²) in [4.78, 5) is 25.2. The normalized spacial score (nSPS) is 15.2. The zero-order valence-corrected chi connectivity index (χ0v) is 11.2. The Kier molecular flexibility index (Phi) is 4.12. The van der Waals surface area contributed by atoms with E-state index in [2.05, 4.69) is 0 Å². The molecule has 0 saturated heterocycles. The second-order valence-corrected chi connectivity index (χ2v) is 5.11. The lowest BCUT2D eigenvalue weighted by Gasteiger charge is -2.28. The Labute approximate surface area is 117 Å². The lowest BCUT2D eigenvalue weighted by atomic mass is 10.1. The summed E-state index contributed by atoms with van der Waals surface area (Å²) in [6.07, 6.45) is 3.83. The first-order valence-electron chi connectivity index (χ1n) is 6.67. The zero-order valence-electron chi connectivity index (χ0n) is 11.2. The number of nitrogens with zero attached hydrogens (tertiary/aromatic N) is 1. The van der Waals surface area contributed by atoms with Crippen LogP contribution in [0.2, 0.25) is 0 Å². The van der Waals surface area contributed by atoms with E-state index in [0.717, 1.165) is 25.7 Å². The summed E-state index contributed by atoms with van der Waals surface area (Å²) in [7, 11) is 0. The second kappa shape index (κ2) is 5.81. The van der Waals surface area contributed by atoms with Crippen LogP contribution in [0.1, 0.15) is 36.0 Å². The van der Waals surface area contributed by atoms with Crippen LogP contribution in [-0.2, 0) is 4.79 Å². The van der Waals surface area contributed by atoms with Gasteiger partial charge in [0.15, 0.2) is 0 Å². The SMILES string of the molecule is NC(=O)CN(C(=O)c1ccc(N)c(O)c1)C1CCCC1. The summed E-state index contributed by atoms with van der Waals surface area (Å²) in [5, 5.41) is 9.59. The molecule has 1 saturated carbocycles. The number of rotatable bonds is 4. The fraction of sp³-hybridized carbons (Fsp3) is 0.429. The topological polar surface area (TPSA) is 110 Å². The van der Waals surface area contributed by atoms with Gasteiger partial charge in [-0.15, -0.1) is 0 Å². The Morgan fingerprint density at radius 1 is 1.30 bits per heavy atom. The molecule has 0 atom stereocenters. The largest absolute Gasteiger partial charge is 0.506 e. The van der Waals surface area contributed by atoms with E-state index in [1.54, 1.807) is 6.07 Å². The molecule has 1 aliphatic rings. The molecule has 2 amide bonds. The number of hydrogen-bond donors (Lipinski definition) is 3. The number of primary amides is 1. The minimum atomic E-state index is -0.537. The number of hydrogen-bond acceptors (Lipinski definition) is 4. The lowest BCUT2D eigenvalue weighted by molar-refractivity contribution is -0.119. The standard InChI is InChI=1S/C14H19N3O3/c15-11-6-5-9(7-12(11)18)14(20)17(8-13(16)19)10-3-1-2-4-10/h5-7,10,18H,1-4,8,15H2,(H2,16,19). The fourth-order valence-electron chi connectivity index (χ4n) is 2.59. The van der Waals surface area contributed by atoms with Gasteiger partial charge in [-0.05, 0) is 31.0 Å². The van der Waals surface area contributed by atoms with Crippen molar-refractivity contribution in [3.05, 3.63) is 23.8 Å². The van der Waals surface area contributed by atoms with Gasteiger partial charge in [0, 0.05) is 11.6 Å². The number of carbonyl (C=O) groups excluding carboxylic acids is 2. The molecule has 1 aliphatic carbocycles. The van der Waals surface area contributed by atoms with Crippen molar-refractivity contribution in [2.24, 2.45) is 5.73 Å². The van der Waals surface area contributed by atoms with Crippen LogP contribution < -0.4 is 11.5 Å². The highest BCUT2D eigenvalue weighted by molar-refractivity contribution is 5.97. The molecule has 6 heteroatoms. The average molecular weight is 277 g/mol. The number of benzene rings is 1. The smallest absolute Gasteiger partial charge is 0.254 e. The van der Waals surface area contributed by atoms with E-state index in [0.29, 0.717) is 5.56 Å². The van der Waals surface area contributed by atoms with Crippen molar-refractivity contribution in [2.45, 2.75) is 31.7 Å². The quantitative estimate of drug-likeness (QED) is 0.559. The Morgan fingerprint density at radius 2 is 1.95 bits per heavy atom. The van der Waals surface area contributed by atoms with Crippen LogP contribution in [0, 0.1) is 0 Å². The first kappa shape index (κ1) is 14.2. The van der Waals surface area contributed by atoms with E-state index < -0.39 is 5.91 Å². The molecule has 0 heterocycles. The number of nitrogens with two attached hydrogens (primary N) is 2. The van der Waals surface area contributed by atoms with E-state index >= 15 is 0 Å². The molecule has 1 fully saturated rings. The van der Waals surface area contributed by atoms with E-state index in [1.807, 2.05) is 0 Å². The van der Waals surface area contributed by atoms with Gasteiger partial charge in [0.2, 0.25) is 5.91 Å². The number of carbonyl (C=O) groups is 2. The molecular weight excluding hydrogens is 258 g/mol. The first-order valence-corrected chi connectivity index (χ1v) is 6.67. The number of aromatic hydroxyl groups is 1. The van der Waals surface area contributed by atoms with Gasteiger partial charge >= 0.3 is 0 Å². The molecule has 0 bridgehead atoms. The van der Waals surface area contributed by atoms with Gasteiger partial charge in [-0.1, -0.05) is 12.8 Å². The van der Waals surface area contributed by atoms with Crippen LogP contribution in [0.25, 0.3) is 0 Å². The second-order valence-electron chi connectivity index (χ2n) is 5.11. The molecule has 0 radical (unpaired) electrons. The number of amides is 2. The summed E-state index contributed by atoms with van der Waals surface area (Å²) in [5.74, 6) is -0.975. The molecule has 0 unspecified atom stereocenters. The maximum Gasteiger partial charge on any atom is 0.254 e. The van der Waals surface area contributed by atoms with E-state index in [9.17, 15) is 14.7 Å². The highest BCUT2D eigenvalue weighted by Gasteiger charge is 2.28. The minimum absolute atomic E-state index is 0.0368. The van der Waals surface area contributed by atoms with E-state index in [1.165, 1.54) is 17.0 Å². The van der Waals surface area contributed by atoms with Crippen molar-refractivity contribution in [1.82, 2.24) is 4.90 Å². The van der Waals surface area contributed by atoms with Crippen LogP contribution in [0.15, 0.2) is 18.2 Å². The molecule has 1 aromatic carbocycles. The fourth-order valence-corrected chi connectivity index (χ4v) is 2.59. The van der Waals surface area contributed by atoms with Gasteiger partial charge < -0.3 is 21.5 Å². The van der Waals surface area contributed by atoms with Crippen LogP contribution in [0.3, 0.4) is 0 Å². The van der Waals surface area contributed by atoms with E-state index in [-0.39, 0.29) is 29.9 Å². The highest BCUT2D eigenvalue weighted by Crippen LogP contribution is 2.26.